The normalized spacial score (nSPS) is 27.2. The van der Waals surface area contributed by atoms with E-state index in [4.69, 9.17) is 10.5 Å². The van der Waals surface area contributed by atoms with Crippen LogP contribution in [0.5, 0.6) is 0 Å². The smallest absolute Gasteiger partial charge is 0.133 e. The molecule has 3 rings (SSSR count). The predicted octanol–water partition coefficient (Wildman–Crippen LogP) is 1.30. The summed E-state index contributed by atoms with van der Waals surface area (Å²) in [4.78, 5) is 0. The van der Waals surface area contributed by atoms with Crippen molar-refractivity contribution in [2.45, 2.75) is 57.6 Å². The molecule has 0 bridgehead atoms. The summed E-state index contributed by atoms with van der Waals surface area (Å²) in [7, 11) is 0. The number of hydrogen-bond donors (Lipinski definition) is 1. The molecule has 0 radical (unpaired) electrons. The van der Waals surface area contributed by atoms with Crippen LogP contribution in [0.1, 0.15) is 43.8 Å². The largest absolute Gasteiger partial charge is 0.378 e. The average Bonchev–Trinajstić information content (AvgIpc) is 2.88. The molecule has 3 heterocycles. The van der Waals surface area contributed by atoms with Gasteiger partial charge in [0.25, 0.3) is 0 Å². The lowest BCUT2D eigenvalue weighted by atomic mass is 9.98. The van der Waals surface area contributed by atoms with Gasteiger partial charge >= 0.3 is 0 Å². The molecule has 1 aromatic rings. The highest BCUT2D eigenvalue weighted by Crippen LogP contribution is 2.22. The average molecular weight is 264 g/mol. The van der Waals surface area contributed by atoms with Gasteiger partial charge in [-0.25, -0.2) is 0 Å². The third kappa shape index (κ3) is 2.98. The molecular weight excluding hydrogens is 240 g/mol. The van der Waals surface area contributed by atoms with Gasteiger partial charge in [-0.2, -0.15) is 0 Å². The van der Waals surface area contributed by atoms with Gasteiger partial charge in [0.05, 0.1) is 6.10 Å². The maximum atomic E-state index is 5.78. The second kappa shape index (κ2) is 6.01. The van der Waals surface area contributed by atoms with Gasteiger partial charge in [0.1, 0.15) is 11.6 Å². The van der Waals surface area contributed by atoms with Crippen LogP contribution in [-0.2, 0) is 24.1 Å². The fraction of sp³-hybridized carbons (Fsp3) is 0.857. The molecule has 0 aliphatic carbocycles. The molecule has 5 nitrogen and oxygen atoms in total. The van der Waals surface area contributed by atoms with Crippen molar-refractivity contribution in [3.8, 4) is 0 Å². The van der Waals surface area contributed by atoms with Gasteiger partial charge in [-0.3, -0.25) is 0 Å². The summed E-state index contributed by atoms with van der Waals surface area (Å²) in [6.45, 7) is 2.73. The van der Waals surface area contributed by atoms with E-state index in [1.54, 1.807) is 0 Å². The molecule has 0 aromatic carbocycles. The van der Waals surface area contributed by atoms with Crippen molar-refractivity contribution >= 4 is 0 Å². The Morgan fingerprint density at radius 3 is 3.00 bits per heavy atom. The second-order valence-electron chi connectivity index (χ2n) is 5.81. The summed E-state index contributed by atoms with van der Waals surface area (Å²) in [5, 5.41) is 8.70. The molecule has 106 valence electrons. The van der Waals surface area contributed by atoms with Crippen molar-refractivity contribution in [3.63, 3.8) is 0 Å². The molecule has 5 heteroatoms. The van der Waals surface area contributed by atoms with Crippen LogP contribution in [0.4, 0.5) is 0 Å². The van der Waals surface area contributed by atoms with E-state index in [1.807, 2.05) is 0 Å². The zero-order valence-electron chi connectivity index (χ0n) is 11.6. The van der Waals surface area contributed by atoms with Crippen LogP contribution in [0.3, 0.4) is 0 Å². The molecule has 2 aliphatic rings. The molecule has 0 amide bonds. The lowest BCUT2D eigenvalue weighted by molar-refractivity contribution is 0.0110. The van der Waals surface area contributed by atoms with E-state index < -0.39 is 0 Å². The summed E-state index contributed by atoms with van der Waals surface area (Å²) in [5.41, 5.74) is 5.75. The first-order valence-electron chi connectivity index (χ1n) is 7.59. The van der Waals surface area contributed by atoms with Crippen LogP contribution >= 0.6 is 0 Å². The molecular formula is C14H24N4O. The lowest BCUT2D eigenvalue weighted by Crippen LogP contribution is -2.26. The Balaban J connectivity index is 1.58. The Morgan fingerprint density at radius 1 is 1.26 bits per heavy atom. The molecule has 0 saturated carbocycles. The maximum absolute atomic E-state index is 5.78. The van der Waals surface area contributed by atoms with Crippen LogP contribution in [-0.4, -0.2) is 34.0 Å². The van der Waals surface area contributed by atoms with E-state index >= 15 is 0 Å². The van der Waals surface area contributed by atoms with Gasteiger partial charge < -0.3 is 15.0 Å². The first-order valence-corrected chi connectivity index (χ1v) is 7.59. The molecule has 1 aromatic heterocycles. The summed E-state index contributed by atoms with van der Waals surface area (Å²) in [6, 6.07) is 0. The Hall–Kier alpha value is -0.940. The van der Waals surface area contributed by atoms with Crippen LogP contribution in [0, 0.1) is 5.92 Å². The van der Waals surface area contributed by atoms with Gasteiger partial charge in [-0.1, -0.05) is 0 Å². The van der Waals surface area contributed by atoms with Crippen molar-refractivity contribution < 1.29 is 4.74 Å². The molecule has 2 atom stereocenters. The fourth-order valence-corrected chi connectivity index (χ4v) is 3.16. The Labute approximate surface area is 114 Å². The third-order valence-electron chi connectivity index (χ3n) is 4.43. The zero-order valence-corrected chi connectivity index (χ0v) is 11.6. The Kier molecular flexibility index (Phi) is 4.13. The highest BCUT2D eigenvalue weighted by Gasteiger charge is 2.22. The molecule has 19 heavy (non-hydrogen) atoms. The van der Waals surface area contributed by atoms with Crippen molar-refractivity contribution in [3.05, 3.63) is 11.6 Å². The van der Waals surface area contributed by atoms with Crippen molar-refractivity contribution in [1.29, 1.82) is 0 Å². The maximum Gasteiger partial charge on any atom is 0.133 e. The quantitative estimate of drug-likeness (QED) is 0.890. The van der Waals surface area contributed by atoms with E-state index in [0.29, 0.717) is 12.0 Å². The van der Waals surface area contributed by atoms with E-state index in [2.05, 4.69) is 14.8 Å². The number of aryl methyl sites for hydroxylation is 1. The molecule has 2 unspecified atom stereocenters. The zero-order chi connectivity index (χ0) is 13.1. The fourth-order valence-electron chi connectivity index (χ4n) is 3.16. The standard InChI is InChI=1S/C14H24N4O/c15-10-11-6-7-18-13(16-17-14(18)9-11)5-4-12-3-1-2-8-19-12/h11-12H,1-10,15H2. The number of hydrogen-bond acceptors (Lipinski definition) is 4. The first-order chi connectivity index (χ1) is 9.36. The minimum absolute atomic E-state index is 0.432. The SMILES string of the molecule is NCC1CCn2c(CCC3CCCCO3)nnc2C1. The summed E-state index contributed by atoms with van der Waals surface area (Å²) in [6.07, 6.45) is 8.39. The highest BCUT2D eigenvalue weighted by molar-refractivity contribution is 5.01. The number of rotatable bonds is 4. The second-order valence-corrected chi connectivity index (χ2v) is 5.81. The lowest BCUT2D eigenvalue weighted by Gasteiger charge is -2.24. The van der Waals surface area contributed by atoms with Crippen molar-refractivity contribution in [2.75, 3.05) is 13.2 Å². The summed E-state index contributed by atoms with van der Waals surface area (Å²) >= 11 is 0. The van der Waals surface area contributed by atoms with E-state index in [9.17, 15) is 0 Å². The van der Waals surface area contributed by atoms with Crippen LogP contribution < -0.4 is 5.73 Å². The number of nitrogens with zero attached hydrogens (tertiary/aromatic N) is 3. The first kappa shape index (κ1) is 13.1. The van der Waals surface area contributed by atoms with Crippen LogP contribution in [0.2, 0.25) is 0 Å². The number of nitrogens with two attached hydrogens (primary N) is 1. The topological polar surface area (TPSA) is 66.0 Å². The summed E-state index contributed by atoms with van der Waals surface area (Å²) in [5.74, 6) is 2.85. The number of aromatic nitrogens is 3. The van der Waals surface area contributed by atoms with Gasteiger partial charge in [-0.15, -0.1) is 10.2 Å². The van der Waals surface area contributed by atoms with Gasteiger partial charge in [0, 0.05) is 26.0 Å². The Bertz CT molecular complexity index is 412. The van der Waals surface area contributed by atoms with Crippen LogP contribution in [0.25, 0.3) is 0 Å². The monoisotopic (exact) mass is 264 g/mol. The Morgan fingerprint density at radius 2 is 2.21 bits per heavy atom. The predicted molar refractivity (Wildman–Crippen MR) is 72.8 cm³/mol. The third-order valence-corrected chi connectivity index (χ3v) is 4.43. The van der Waals surface area contributed by atoms with Crippen LogP contribution in [0.15, 0.2) is 0 Å². The van der Waals surface area contributed by atoms with Gasteiger partial charge in [0.15, 0.2) is 0 Å². The highest BCUT2D eigenvalue weighted by atomic mass is 16.5. The molecule has 0 spiro atoms. The van der Waals surface area contributed by atoms with E-state index in [1.165, 1.54) is 19.3 Å². The minimum atomic E-state index is 0.432. The molecule has 1 saturated heterocycles. The van der Waals surface area contributed by atoms with Gasteiger partial charge in [-0.05, 0) is 44.6 Å². The van der Waals surface area contributed by atoms with Crippen molar-refractivity contribution in [2.24, 2.45) is 11.7 Å². The van der Waals surface area contributed by atoms with E-state index in [-0.39, 0.29) is 0 Å². The van der Waals surface area contributed by atoms with Gasteiger partial charge in [0.2, 0.25) is 0 Å². The van der Waals surface area contributed by atoms with Crippen molar-refractivity contribution in [1.82, 2.24) is 14.8 Å². The number of fused-ring (bicyclic) bond motifs is 1. The minimum Gasteiger partial charge on any atom is -0.378 e. The van der Waals surface area contributed by atoms with E-state index in [0.717, 1.165) is 57.0 Å². The number of ether oxygens (including phenoxy) is 1. The molecule has 1 fully saturated rings. The molecule has 2 aliphatic heterocycles. The summed E-state index contributed by atoms with van der Waals surface area (Å²) < 4.78 is 8.08. The molecule has 2 N–H and O–H groups in total.